The Morgan fingerprint density at radius 1 is 1.16 bits per heavy atom. The lowest BCUT2D eigenvalue weighted by Gasteiger charge is -2.31. The molecule has 0 aromatic heterocycles. The van der Waals surface area contributed by atoms with E-state index in [0.29, 0.717) is 18.4 Å². The number of carbonyl (C=O) groups excluding carboxylic acids is 1. The van der Waals surface area contributed by atoms with E-state index in [2.05, 4.69) is 32.6 Å². The fourth-order valence-electron chi connectivity index (χ4n) is 1.91. The first-order valence-corrected chi connectivity index (χ1v) is 7.28. The first-order valence-electron chi connectivity index (χ1n) is 7.28. The van der Waals surface area contributed by atoms with E-state index < -0.39 is 5.54 Å². The van der Waals surface area contributed by atoms with Crippen LogP contribution in [0.5, 0.6) is 0 Å². The topological polar surface area (TPSA) is 55.6 Å². The van der Waals surface area contributed by atoms with Crippen molar-refractivity contribution in [3.63, 3.8) is 0 Å². The molecule has 0 aliphatic carbocycles. The maximum Gasteiger partial charge on any atom is 0.326 e. The highest BCUT2D eigenvalue weighted by Crippen LogP contribution is 2.11. The van der Waals surface area contributed by atoms with Gasteiger partial charge < -0.3 is 15.4 Å². The Bertz CT molecular complexity index is 251. The highest BCUT2D eigenvalue weighted by atomic mass is 16.5. The van der Waals surface area contributed by atoms with Crippen LogP contribution in [0.15, 0.2) is 0 Å². The third-order valence-corrected chi connectivity index (χ3v) is 3.25. The van der Waals surface area contributed by atoms with Gasteiger partial charge >= 0.3 is 5.97 Å². The lowest BCUT2D eigenvalue weighted by molar-refractivity contribution is -0.147. The van der Waals surface area contributed by atoms with Gasteiger partial charge in [0.1, 0.15) is 5.54 Å². The number of ether oxygens (including phenoxy) is 1. The van der Waals surface area contributed by atoms with Crippen molar-refractivity contribution in [2.24, 2.45) is 17.6 Å². The van der Waals surface area contributed by atoms with E-state index in [9.17, 15) is 4.79 Å². The predicted molar refractivity (Wildman–Crippen MR) is 80.0 cm³/mol. The van der Waals surface area contributed by atoms with Gasteiger partial charge in [0.05, 0.1) is 7.11 Å². The van der Waals surface area contributed by atoms with Gasteiger partial charge in [0.15, 0.2) is 0 Å². The van der Waals surface area contributed by atoms with Crippen LogP contribution in [0.25, 0.3) is 0 Å². The molecule has 0 bridgehead atoms. The first kappa shape index (κ1) is 18.4. The number of hydrogen-bond acceptors (Lipinski definition) is 4. The van der Waals surface area contributed by atoms with Crippen molar-refractivity contribution in [2.45, 2.75) is 53.0 Å². The Morgan fingerprint density at radius 3 is 1.89 bits per heavy atom. The van der Waals surface area contributed by atoms with E-state index in [1.165, 1.54) is 7.11 Å². The molecule has 114 valence electrons. The molecule has 4 nitrogen and oxygen atoms in total. The Hall–Kier alpha value is -0.610. The van der Waals surface area contributed by atoms with Crippen LogP contribution in [0.1, 0.15) is 47.5 Å². The van der Waals surface area contributed by atoms with Crippen molar-refractivity contribution in [1.29, 1.82) is 0 Å². The van der Waals surface area contributed by atoms with Gasteiger partial charge in [-0.15, -0.1) is 0 Å². The van der Waals surface area contributed by atoms with Crippen molar-refractivity contribution in [1.82, 2.24) is 4.90 Å². The van der Waals surface area contributed by atoms with Crippen LogP contribution in [0.2, 0.25) is 0 Å². The van der Waals surface area contributed by atoms with Gasteiger partial charge in [-0.25, -0.2) is 0 Å². The van der Waals surface area contributed by atoms with E-state index in [-0.39, 0.29) is 5.97 Å². The van der Waals surface area contributed by atoms with Gasteiger partial charge in [-0.1, -0.05) is 27.7 Å². The van der Waals surface area contributed by atoms with Crippen molar-refractivity contribution in [3.05, 3.63) is 0 Å². The number of esters is 1. The third kappa shape index (κ3) is 8.22. The Morgan fingerprint density at radius 2 is 1.58 bits per heavy atom. The summed E-state index contributed by atoms with van der Waals surface area (Å²) in [5, 5.41) is 0. The third-order valence-electron chi connectivity index (χ3n) is 3.25. The van der Waals surface area contributed by atoms with E-state index in [4.69, 9.17) is 10.5 Å². The van der Waals surface area contributed by atoms with E-state index >= 15 is 0 Å². The molecule has 0 aromatic carbocycles. The van der Waals surface area contributed by atoms with Crippen LogP contribution in [-0.4, -0.2) is 43.2 Å². The first-order chi connectivity index (χ1) is 8.69. The molecule has 4 heteroatoms. The minimum absolute atomic E-state index is 0.341. The number of methoxy groups -OCH3 is 1. The van der Waals surface area contributed by atoms with Crippen LogP contribution < -0.4 is 5.73 Å². The highest BCUT2D eigenvalue weighted by Gasteiger charge is 2.31. The summed E-state index contributed by atoms with van der Waals surface area (Å²) in [6.07, 6.45) is 2.24. The maximum absolute atomic E-state index is 11.7. The van der Waals surface area contributed by atoms with E-state index in [1.54, 1.807) is 6.92 Å². The van der Waals surface area contributed by atoms with Crippen LogP contribution in [-0.2, 0) is 9.53 Å². The minimum atomic E-state index is -0.928. The number of nitrogens with zero attached hydrogens (tertiary/aromatic N) is 1. The monoisotopic (exact) mass is 272 g/mol. The molecule has 0 aliphatic rings. The lowest BCUT2D eigenvalue weighted by Crippen LogP contribution is -2.54. The summed E-state index contributed by atoms with van der Waals surface area (Å²) < 4.78 is 4.78. The van der Waals surface area contributed by atoms with Gasteiger partial charge in [0, 0.05) is 6.54 Å². The van der Waals surface area contributed by atoms with Gasteiger partial charge in [-0.05, 0) is 44.7 Å². The predicted octanol–water partition coefficient (Wildman–Crippen LogP) is 2.27. The fraction of sp³-hybridized carbons (Fsp3) is 0.933. The zero-order valence-electron chi connectivity index (χ0n) is 13.5. The normalized spacial score (nSPS) is 15.1. The summed E-state index contributed by atoms with van der Waals surface area (Å²) in [6, 6.07) is 0. The van der Waals surface area contributed by atoms with E-state index in [1.807, 2.05) is 0 Å². The summed E-state index contributed by atoms with van der Waals surface area (Å²) in [7, 11) is 1.39. The average molecular weight is 272 g/mol. The number of nitrogens with two attached hydrogens (primary N) is 1. The Labute approximate surface area is 118 Å². The van der Waals surface area contributed by atoms with Crippen LogP contribution in [0.4, 0.5) is 0 Å². The second kappa shape index (κ2) is 8.54. The molecule has 2 N–H and O–H groups in total. The molecule has 0 saturated heterocycles. The largest absolute Gasteiger partial charge is 0.468 e. The summed E-state index contributed by atoms with van der Waals surface area (Å²) in [5.41, 5.74) is 5.14. The highest BCUT2D eigenvalue weighted by molar-refractivity contribution is 5.80. The second-order valence-electron chi connectivity index (χ2n) is 6.55. The SMILES string of the molecule is COC(=O)C(C)(N)CN(CCC(C)C)CCC(C)C. The molecular formula is C15H32N2O2. The van der Waals surface area contributed by atoms with Crippen LogP contribution >= 0.6 is 0 Å². The van der Waals surface area contributed by atoms with Crippen LogP contribution in [0, 0.1) is 11.8 Å². The summed E-state index contributed by atoms with van der Waals surface area (Å²) in [6.45, 7) is 13.1. The average Bonchev–Trinajstić information content (AvgIpc) is 2.30. The summed E-state index contributed by atoms with van der Waals surface area (Å²) in [5.74, 6) is 0.971. The summed E-state index contributed by atoms with van der Waals surface area (Å²) >= 11 is 0. The molecular weight excluding hydrogens is 240 g/mol. The lowest BCUT2D eigenvalue weighted by atomic mass is 10.0. The number of carbonyl (C=O) groups is 1. The second-order valence-corrected chi connectivity index (χ2v) is 6.55. The van der Waals surface area contributed by atoms with Crippen molar-refractivity contribution < 1.29 is 9.53 Å². The molecule has 19 heavy (non-hydrogen) atoms. The summed E-state index contributed by atoms with van der Waals surface area (Å²) in [4.78, 5) is 14.0. The Balaban J connectivity index is 4.50. The number of rotatable bonds is 9. The van der Waals surface area contributed by atoms with Gasteiger partial charge in [-0.3, -0.25) is 4.79 Å². The van der Waals surface area contributed by atoms with Gasteiger partial charge in [0.25, 0.3) is 0 Å². The van der Waals surface area contributed by atoms with Crippen LogP contribution in [0.3, 0.4) is 0 Å². The van der Waals surface area contributed by atoms with Gasteiger partial charge in [0.2, 0.25) is 0 Å². The standard InChI is InChI=1S/C15H32N2O2/c1-12(2)7-9-17(10-8-13(3)4)11-15(5,16)14(18)19-6/h12-13H,7-11,16H2,1-6H3. The molecule has 1 unspecified atom stereocenters. The molecule has 0 saturated carbocycles. The Kier molecular flexibility index (Phi) is 8.26. The number of hydrogen-bond donors (Lipinski definition) is 1. The molecule has 0 radical (unpaired) electrons. The van der Waals surface area contributed by atoms with Gasteiger partial charge in [-0.2, -0.15) is 0 Å². The molecule has 0 aromatic rings. The van der Waals surface area contributed by atoms with Crippen molar-refractivity contribution in [3.8, 4) is 0 Å². The zero-order valence-corrected chi connectivity index (χ0v) is 13.5. The molecule has 0 fully saturated rings. The molecule has 0 heterocycles. The van der Waals surface area contributed by atoms with Crippen molar-refractivity contribution >= 4 is 5.97 Å². The molecule has 0 rings (SSSR count). The molecule has 1 atom stereocenters. The zero-order chi connectivity index (χ0) is 15.1. The minimum Gasteiger partial charge on any atom is -0.468 e. The quantitative estimate of drug-likeness (QED) is 0.654. The molecule has 0 aliphatic heterocycles. The van der Waals surface area contributed by atoms with E-state index in [0.717, 1.165) is 25.9 Å². The molecule has 0 spiro atoms. The molecule has 0 amide bonds. The fourth-order valence-corrected chi connectivity index (χ4v) is 1.91. The van der Waals surface area contributed by atoms with Crippen molar-refractivity contribution in [2.75, 3.05) is 26.7 Å². The smallest absolute Gasteiger partial charge is 0.326 e. The maximum atomic E-state index is 11.7.